The SMILES string of the molecule is CCOC(=O)N(OCC)c1cccc(NCCC2COCCN2)c1. The molecule has 7 nitrogen and oxygen atoms in total. The topological polar surface area (TPSA) is 72.1 Å². The molecule has 0 spiro atoms. The lowest BCUT2D eigenvalue weighted by molar-refractivity contribution is 0.0753. The summed E-state index contributed by atoms with van der Waals surface area (Å²) in [5.74, 6) is 0. The summed E-state index contributed by atoms with van der Waals surface area (Å²) >= 11 is 0. The summed E-state index contributed by atoms with van der Waals surface area (Å²) in [5, 5.41) is 7.98. The monoisotopic (exact) mass is 337 g/mol. The zero-order valence-electron chi connectivity index (χ0n) is 14.4. The quantitative estimate of drug-likeness (QED) is 0.710. The lowest BCUT2D eigenvalue weighted by atomic mass is 10.2. The Hall–Kier alpha value is -1.83. The van der Waals surface area contributed by atoms with E-state index >= 15 is 0 Å². The Kier molecular flexibility index (Phi) is 7.81. The Balaban J connectivity index is 1.92. The fourth-order valence-electron chi connectivity index (χ4n) is 2.48. The van der Waals surface area contributed by atoms with Gasteiger partial charge >= 0.3 is 6.09 Å². The number of hydrogen-bond donors (Lipinski definition) is 2. The Labute approximate surface area is 143 Å². The molecule has 0 aromatic heterocycles. The molecule has 7 heteroatoms. The molecule has 0 bridgehead atoms. The van der Waals surface area contributed by atoms with Gasteiger partial charge in [0.25, 0.3) is 0 Å². The van der Waals surface area contributed by atoms with Crippen LogP contribution >= 0.6 is 0 Å². The molecule has 1 atom stereocenters. The number of carbonyl (C=O) groups is 1. The molecule has 1 saturated heterocycles. The van der Waals surface area contributed by atoms with Crippen LogP contribution in [0.5, 0.6) is 0 Å². The summed E-state index contributed by atoms with van der Waals surface area (Å²) in [5.41, 5.74) is 1.57. The lowest BCUT2D eigenvalue weighted by Crippen LogP contribution is -2.42. The first-order valence-electron chi connectivity index (χ1n) is 8.49. The number of ether oxygens (including phenoxy) is 2. The van der Waals surface area contributed by atoms with E-state index in [0.717, 1.165) is 38.4 Å². The molecule has 1 aromatic rings. The molecule has 1 amide bonds. The smallest absolute Gasteiger partial charge is 0.438 e. The van der Waals surface area contributed by atoms with Crippen molar-refractivity contribution in [1.82, 2.24) is 5.32 Å². The van der Waals surface area contributed by atoms with Crippen LogP contribution in [0.2, 0.25) is 0 Å². The van der Waals surface area contributed by atoms with Crippen LogP contribution in [0.15, 0.2) is 24.3 Å². The highest BCUT2D eigenvalue weighted by atomic mass is 16.7. The van der Waals surface area contributed by atoms with Crippen LogP contribution in [-0.2, 0) is 14.3 Å². The second-order valence-electron chi connectivity index (χ2n) is 5.40. The first-order valence-corrected chi connectivity index (χ1v) is 8.49. The van der Waals surface area contributed by atoms with Gasteiger partial charge in [0.05, 0.1) is 32.1 Å². The van der Waals surface area contributed by atoms with E-state index in [2.05, 4.69) is 10.6 Å². The third-order valence-electron chi connectivity index (χ3n) is 3.59. The van der Waals surface area contributed by atoms with Gasteiger partial charge in [-0.2, -0.15) is 5.06 Å². The molecule has 1 aliphatic rings. The molecule has 24 heavy (non-hydrogen) atoms. The van der Waals surface area contributed by atoms with E-state index in [1.165, 1.54) is 5.06 Å². The van der Waals surface area contributed by atoms with Crippen molar-refractivity contribution in [3.8, 4) is 0 Å². The molecular weight excluding hydrogens is 310 g/mol. The van der Waals surface area contributed by atoms with Crippen LogP contribution in [0.4, 0.5) is 16.2 Å². The van der Waals surface area contributed by atoms with Crippen LogP contribution < -0.4 is 15.7 Å². The molecule has 0 aliphatic carbocycles. The van der Waals surface area contributed by atoms with E-state index in [0.29, 0.717) is 24.9 Å². The second-order valence-corrected chi connectivity index (χ2v) is 5.40. The summed E-state index contributed by atoms with van der Waals surface area (Å²) < 4.78 is 10.5. The lowest BCUT2D eigenvalue weighted by Gasteiger charge is -2.24. The zero-order chi connectivity index (χ0) is 17.2. The maximum atomic E-state index is 12.0. The third kappa shape index (κ3) is 5.67. The average molecular weight is 337 g/mol. The number of nitrogens with one attached hydrogen (secondary N) is 2. The Morgan fingerprint density at radius 3 is 3.00 bits per heavy atom. The van der Waals surface area contributed by atoms with Crippen LogP contribution in [0, 0.1) is 0 Å². The van der Waals surface area contributed by atoms with Gasteiger partial charge in [-0.1, -0.05) is 6.07 Å². The van der Waals surface area contributed by atoms with Crippen molar-refractivity contribution in [2.45, 2.75) is 26.3 Å². The molecule has 1 aliphatic heterocycles. The largest absolute Gasteiger partial charge is 0.448 e. The van der Waals surface area contributed by atoms with Crippen molar-refractivity contribution in [2.75, 3.05) is 49.9 Å². The summed E-state index contributed by atoms with van der Waals surface area (Å²) in [4.78, 5) is 17.4. The van der Waals surface area contributed by atoms with Gasteiger partial charge in [0, 0.05) is 24.8 Å². The minimum absolute atomic E-state index is 0.302. The van der Waals surface area contributed by atoms with Gasteiger partial charge in [-0.15, -0.1) is 0 Å². The van der Waals surface area contributed by atoms with E-state index in [1.54, 1.807) is 6.92 Å². The predicted octanol–water partition coefficient (Wildman–Crippen LogP) is 2.39. The van der Waals surface area contributed by atoms with Gasteiger partial charge in [-0.05, 0) is 38.5 Å². The Bertz CT molecular complexity index is 506. The van der Waals surface area contributed by atoms with Gasteiger partial charge in [-0.25, -0.2) is 4.79 Å². The summed E-state index contributed by atoms with van der Waals surface area (Å²) in [6, 6.07) is 7.91. The first-order chi connectivity index (χ1) is 11.7. The normalized spacial score (nSPS) is 17.3. The maximum absolute atomic E-state index is 12.0. The van der Waals surface area contributed by atoms with Gasteiger partial charge in [0.15, 0.2) is 0 Å². The average Bonchev–Trinajstić information content (AvgIpc) is 2.61. The number of anilines is 2. The van der Waals surface area contributed by atoms with E-state index in [-0.39, 0.29) is 0 Å². The number of amides is 1. The van der Waals surface area contributed by atoms with Gasteiger partial charge in [-0.3, -0.25) is 4.84 Å². The van der Waals surface area contributed by atoms with Crippen molar-refractivity contribution in [3.05, 3.63) is 24.3 Å². The first kappa shape index (κ1) is 18.5. The van der Waals surface area contributed by atoms with E-state index in [4.69, 9.17) is 14.3 Å². The molecule has 0 saturated carbocycles. The number of morpholine rings is 1. The Morgan fingerprint density at radius 1 is 1.42 bits per heavy atom. The van der Waals surface area contributed by atoms with Crippen molar-refractivity contribution in [1.29, 1.82) is 0 Å². The van der Waals surface area contributed by atoms with Gasteiger partial charge in [0.1, 0.15) is 0 Å². The standard InChI is InChI=1S/C17H27N3O4/c1-3-23-17(21)20(24-4-2)16-7-5-6-14(12-16)18-9-8-15-13-22-11-10-19-15/h5-7,12,15,18-19H,3-4,8-11,13H2,1-2H3. The minimum Gasteiger partial charge on any atom is -0.448 e. The number of nitrogens with zero attached hydrogens (tertiary/aromatic N) is 1. The number of rotatable bonds is 8. The molecule has 0 radical (unpaired) electrons. The number of hydroxylamine groups is 1. The Morgan fingerprint density at radius 2 is 2.29 bits per heavy atom. The third-order valence-corrected chi connectivity index (χ3v) is 3.59. The summed E-state index contributed by atoms with van der Waals surface area (Å²) in [6.45, 7) is 7.54. The summed E-state index contributed by atoms with van der Waals surface area (Å²) in [6.07, 6.45) is 0.456. The van der Waals surface area contributed by atoms with E-state index < -0.39 is 6.09 Å². The molecule has 1 heterocycles. The molecule has 1 aromatic carbocycles. The molecule has 2 N–H and O–H groups in total. The molecule has 134 valence electrons. The fraction of sp³-hybridized carbons (Fsp3) is 0.588. The highest BCUT2D eigenvalue weighted by Crippen LogP contribution is 2.21. The number of carbonyl (C=O) groups excluding carboxylic acids is 1. The van der Waals surface area contributed by atoms with Crippen LogP contribution in [-0.4, -0.2) is 51.7 Å². The second kappa shape index (κ2) is 10.1. The van der Waals surface area contributed by atoms with Crippen LogP contribution in [0.1, 0.15) is 20.3 Å². The van der Waals surface area contributed by atoms with Gasteiger partial charge in [0.2, 0.25) is 0 Å². The molecule has 1 unspecified atom stereocenters. The highest BCUT2D eigenvalue weighted by Gasteiger charge is 2.18. The zero-order valence-corrected chi connectivity index (χ0v) is 14.4. The van der Waals surface area contributed by atoms with Crippen LogP contribution in [0.25, 0.3) is 0 Å². The minimum atomic E-state index is -0.514. The van der Waals surface area contributed by atoms with Crippen LogP contribution in [0.3, 0.4) is 0 Å². The predicted molar refractivity (Wildman–Crippen MR) is 93.3 cm³/mol. The van der Waals surface area contributed by atoms with Crippen molar-refractivity contribution in [3.63, 3.8) is 0 Å². The molecule has 1 fully saturated rings. The number of hydrogen-bond acceptors (Lipinski definition) is 6. The number of benzene rings is 1. The van der Waals surface area contributed by atoms with Crippen molar-refractivity contribution in [2.24, 2.45) is 0 Å². The molecule has 2 rings (SSSR count). The van der Waals surface area contributed by atoms with Gasteiger partial charge < -0.3 is 20.1 Å². The van der Waals surface area contributed by atoms with E-state index in [9.17, 15) is 4.79 Å². The van der Waals surface area contributed by atoms with E-state index in [1.807, 2.05) is 31.2 Å². The molecular formula is C17H27N3O4. The summed E-state index contributed by atoms with van der Waals surface area (Å²) in [7, 11) is 0. The highest BCUT2D eigenvalue weighted by molar-refractivity contribution is 5.86. The van der Waals surface area contributed by atoms with Crippen molar-refractivity contribution >= 4 is 17.5 Å². The fourth-order valence-corrected chi connectivity index (χ4v) is 2.48. The maximum Gasteiger partial charge on any atom is 0.438 e. The van der Waals surface area contributed by atoms with Crippen molar-refractivity contribution < 1.29 is 19.1 Å².